The zero-order chi connectivity index (χ0) is 15.8. The number of hydrogen-bond acceptors (Lipinski definition) is 3. The number of rotatable bonds is 5. The minimum Gasteiger partial charge on any atom is -0.508 e. The average Bonchev–Trinajstić information content (AvgIpc) is 2.54. The van der Waals surface area contributed by atoms with E-state index >= 15 is 0 Å². The van der Waals surface area contributed by atoms with E-state index in [1.807, 2.05) is 30.3 Å². The third-order valence-corrected chi connectivity index (χ3v) is 2.86. The summed E-state index contributed by atoms with van der Waals surface area (Å²) in [5.74, 6) is -0.225. The molecule has 0 unspecified atom stereocenters. The Morgan fingerprint density at radius 3 is 2.27 bits per heavy atom. The Morgan fingerprint density at radius 1 is 0.909 bits per heavy atom. The fourth-order valence-electron chi connectivity index (χ4n) is 1.75. The number of urea groups is 1. The van der Waals surface area contributed by atoms with Gasteiger partial charge in [0.15, 0.2) is 0 Å². The molecule has 6 heteroatoms. The Labute approximate surface area is 128 Å². The molecule has 0 aliphatic rings. The molecule has 6 nitrogen and oxygen atoms in total. The van der Waals surface area contributed by atoms with Crippen molar-refractivity contribution in [2.45, 2.75) is 6.54 Å². The molecule has 0 atom stereocenters. The van der Waals surface area contributed by atoms with Gasteiger partial charge in [-0.05, 0) is 29.8 Å². The molecule has 0 fully saturated rings. The second kappa shape index (κ2) is 7.68. The van der Waals surface area contributed by atoms with Gasteiger partial charge in [0.1, 0.15) is 5.75 Å². The molecule has 0 aliphatic heterocycles. The first-order valence-corrected chi connectivity index (χ1v) is 6.78. The maximum atomic E-state index is 11.7. The highest BCUT2D eigenvalue weighted by Crippen LogP contribution is 2.13. The molecule has 0 saturated carbocycles. The molecule has 4 N–H and O–H groups in total. The summed E-state index contributed by atoms with van der Waals surface area (Å²) < 4.78 is 0. The second-order valence-corrected chi connectivity index (χ2v) is 4.62. The fourth-order valence-corrected chi connectivity index (χ4v) is 1.75. The molecule has 2 rings (SSSR count). The van der Waals surface area contributed by atoms with Crippen molar-refractivity contribution in [2.24, 2.45) is 0 Å². The van der Waals surface area contributed by atoms with Crippen LogP contribution < -0.4 is 16.0 Å². The third-order valence-electron chi connectivity index (χ3n) is 2.86. The summed E-state index contributed by atoms with van der Waals surface area (Å²) in [5, 5.41) is 16.9. The third kappa shape index (κ3) is 5.16. The summed E-state index contributed by atoms with van der Waals surface area (Å²) in [6.07, 6.45) is 0. The highest BCUT2D eigenvalue weighted by atomic mass is 16.3. The molecule has 2 aromatic carbocycles. The summed E-state index contributed by atoms with van der Waals surface area (Å²) >= 11 is 0. The van der Waals surface area contributed by atoms with Gasteiger partial charge in [-0.15, -0.1) is 0 Å². The highest BCUT2D eigenvalue weighted by molar-refractivity contribution is 5.94. The van der Waals surface area contributed by atoms with Crippen molar-refractivity contribution in [3.8, 4) is 5.75 Å². The first-order valence-electron chi connectivity index (χ1n) is 6.78. The molecule has 3 amide bonds. The Hall–Kier alpha value is -3.02. The Morgan fingerprint density at radius 2 is 1.59 bits per heavy atom. The zero-order valence-corrected chi connectivity index (χ0v) is 11.9. The molecule has 0 aromatic heterocycles. The lowest BCUT2D eigenvalue weighted by Crippen LogP contribution is -2.39. The van der Waals surface area contributed by atoms with Crippen LogP contribution in [0.15, 0.2) is 54.6 Å². The van der Waals surface area contributed by atoms with Crippen LogP contribution in [0.3, 0.4) is 0 Å². The first kappa shape index (κ1) is 15.4. The number of nitrogens with one attached hydrogen (secondary N) is 3. The standard InChI is InChI=1S/C16H17N3O3/c20-14-8-6-13(7-9-14)19-15(21)11-18-16(22)17-10-12-4-2-1-3-5-12/h1-9,20H,10-11H2,(H,19,21)(H2,17,18,22). The van der Waals surface area contributed by atoms with Gasteiger partial charge in [-0.25, -0.2) is 4.79 Å². The van der Waals surface area contributed by atoms with E-state index in [-0.39, 0.29) is 18.2 Å². The van der Waals surface area contributed by atoms with Gasteiger partial charge in [0.2, 0.25) is 5.91 Å². The van der Waals surface area contributed by atoms with Gasteiger partial charge in [0.25, 0.3) is 0 Å². The SMILES string of the molecule is O=C(CNC(=O)NCc1ccccc1)Nc1ccc(O)cc1. The fraction of sp³-hybridized carbons (Fsp3) is 0.125. The maximum absolute atomic E-state index is 11.7. The lowest BCUT2D eigenvalue weighted by Gasteiger charge is -2.08. The van der Waals surface area contributed by atoms with Crippen LogP contribution >= 0.6 is 0 Å². The number of carbonyl (C=O) groups is 2. The van der Waals surface area contributed by atoms with E-state index in [1.165, 1.54) is 12.1 Å². The van der Waals surface area contributed by atoms with Crippen molar-refractivity contribution in [2.75, 3.05) is 11.9 Å². The van der Waals surface area contributed by atoms with Crippen LogP contribution in [0.4, 0.5) is 10.5 Å². The maximum Gasteiger partial charge on any atom is 0.315 e. The Balaban J connectivity index is 1.69. The van der Waals surface area contributed by atoms with Gasteiger partial charge < -0.3 is 21.1 Å². The van der Waals surface area contributed by atoms with Crippen molar-refractivity contribution >= 4 is 17.6 Å². The Bertz CT molecular complexity index is 627. The number of aromatic hydroxyl groups is 1. The lowest BCUT2D eigenvalue weighted by atomic mass is 10.2. The van der Waals surface area contributed by atoms with Crippen LogP contribution in [0.2, 0.25) is 0 Å². The predicted octanol–water partition coefficient (Wildman–Crippen LogP) is 1.83. The minimum absolute atomic E-state index is 0.122. The van der Waals surface area contributed by atoms with Gasteiger partial charge in [-0.1, -0.05) is 30.3 Å². The topological polar surface area (TPSA) is 90.5 Å². The van der Waals surface area contributed by atoms with Gasteiger partial charge in [-0.3, -0.25) is 4.79 Å². The van der Waals surface area contributed by atoms with Gasteiger partial charge in [0.05, 0.1) is 6.54 Å². The van der Waals surface area contributed by atoms with Crippen molar-refractivity contribution in [3.63, 3.8) is 0 Å². The number of amides is 3. The minimum atomic E-state index is -0.412. The van der Waals surface area contributed by atoms with E-state index in [1.54, 1.807) is 12.1 Å². The second-order valence-electron chi connectivity index (χ2n) is 4.62. The van der Waals surface area contributed by atoms with Gasteiger partial charge in [0, 0.05) is 12.2 Å². The van der Waals surface area contributed by atoms with Crippen molar-refractivity contribution in [1.29, 1.82) is 0 Å². The summed E-state index contributed by atoms with van der Waals surface area (Å²) in [5.41, 5.74) is 1.53. The summed E-state index contributed by atoms with van der Waals surface area (Å²) in [4.78, 5) is 23.2. The quantitative estimate of drug-likeness (QED) is 0.635. The smallest absolute Gasteiger partial charge is 0.315 e. The molecule has 0 bridgehead atoms. The van der Waals surface area contributed by atoms with Crippen LogP contribution in [-0.4, -0.2) is 23.6 Å². The van der Waals surface area contributed by atoms with Crippen LogP contribution in [-0.2, 0) is 11.3 Å². The summed E-state index contributed by atoms with van der Waals surface area (Å²) in [7, 11) is 0. The largest absolute Gasteiger partial charge is 0.508 e. The number of carbonyl (C=O) groups excluding carboxylic acids is 2. The molecule has 0 saturated heterocycles. The molecule has 0 aliphatic carbocycles. The van der Waals surface area contributed by atoms with E-state index in [0.717, 1.165) is 5.56 Å². The van der Waals surface area contributed by atoms with Gasteiger partial charge >= 0.3 is 6.03 Å². The van der Waals surface area contributed by atoms with Crippen molar-refractivity contribution in [1.82, 2.24) is 10.6 Å². The van der Waals surface area contributed by atoms with E-state index in [9.17, 15) is 9.59 Å². The predicted molar refractivity (Wildman–Crippen MR) is 83.4 cm³/mol. The van der Waals surface area contributed by atoms with Gasteiger partial charge in [-0.2, -0.15) is 0 Å². The number of anilines is 1. The summed E-state index contributed by atoms with van der Waals surface area (Å²) in [6.45, 7) is 0.258. The molecule has 114 valence electrons. The van der Waals surface area contributed by atoms with Crippen molar-refractivity contribution in [3.05, 3.63) is 60.2 Å². The van der Waals surface area contributed by atoms with E-state index in [4.69, 9.17) is 5.11 Å². The molecular formula is C16H17N3O3. The van der Waals surface area contributed by atoms with Crippen LogP contribution in [0, 0.1) is 0 Å². The molecular weight excluding hydrogens is 282 g/mol. The van der Waals surface area contributed by atoms with Crippen LogP contribution in [0.25, 0.3) is 0 Å². The normalized spacial score (nSPS) is 9.82. The van der Waals surface area contributed by atoms with E-state index in [2.05, 4.69) is 16.0 Å². The number of phenolic OH excluding ortho intramolecular Hbond substituents is 1. The highest BCUT2D eigenvalue weighted by Gasteiger charge is 2.05. The summed E-state index contributed by atoms with van der Waals surface area (Å²) in [6, 6.07) is 15.1. The monoisotopic (exact) mass is 299 g/mol. The van der Waals surface area contributed by atoms with E-state index in [0.29, 0.717) is 12.2 Å². The number of benzene rings is 2. The lowest BCUT2D eigenvalue weighted by molar-refractivity contribution is -0.115. The Kier molecular flexibility index (Phi) is 5.37. The molecule has 0 spiro atoms. The number of hydrogen-bond donors (Lipinski definition) is 4. The molecule has 22 heavy (non-hydrogen) atoms. The average molecular weight is 299 g/mol. The van der Waals surface area contributed by atoms with Crippen LogP contribution in [0.1, 0.15) is 5.56 Å². The van der Waals surface area contributed by atoms with Crippen molar-refractivity contribution < 1.29 is 14.7 Å². The van der Waals surface area contributed by atoms with Crippen LogP contribution in [0.5, 0.6) is 5.75 Å². The molecule has 2 aromatic rings. The van der Waals surface area contributed by atoms with E-state index < -0.39 is 6.03 Å². The zero-order valence-electron chi connectivity index (χ0n) is 11.9. The molecule has 0 radical (unpaired) electrons. The number of phenols is 1. The first-order chi connectivity index (χ1) is 10.6. The molecule has 0 heterocycles.